The van der Waals surface area contributed by atoms with Gasteiger partial charge in [-0.3, -0.25) is 14.4 Å². The number of nitrogens with zero attached hydrogens (tertiary/aromatic N) is 1. The van der Waals surface area contributed by atoms with Gasteiger partial charge >= 0.3 is 11.8 Å². The summed E-state index contributed by atoms with van der Waals surface area (Å²) in [7, 11) is 2.89. The summed E-state index contributed by atoms with van der Waals surface area (Å²) in [6.07, 6.45) is 1.55. The smallest absolute Gasteiger partial charge is 0.309 e. The van der Waals surface area contributed by atoms with E-state index in [0.29, 0.717) is 25.9 Å². The van der Waals surface area contributed by atoms with E-state index < -0.39 is 18.1 Å². The van der Waals surface area contributed by atoms with Gasteiger partial charge in [-0.05, 0) is 12.8 Å². The van der Waals surface area contributed by atoms with Crippen molar-refractivity contribution < 1.29 is 23.9 Å². The summed E-state index contributed by atoms with van der Waals surface area (Å²) >= 11 is 0. The zero-order chi connectivity index (χ0) is 15.7. The van der Waals surface area contributed by atoms with Crippen molar-refractivity contribution in [2.24, 2.45) is 0 Å². The van der Waals surface area contributed by atoms with Crippen LogP contribution in [0.1, 0.15) is 19.3 Å². The Morgan fingerprint density at radius 2 is 1.90 bits per heavy atom. The molecule has 1 heterocycles. The molecule has 0 aromatic heterocycles. The molecule has 0 aromatic carbocycles. The highest BCUT2D eigenvalue weighted by Crippen LogP contribution is 2.09. The maximum atomic E-state index is 11.5. The van der Waals surface area contributed by atoms with E-state index in [1.807, 2.05) is 0 Å². The monoisotopic (exact) mass is 301 g/mol. The van der Waals surface area contributed by atoms with Crippen LogP contribution < -0.4 is 10.6 Å². The third-order valence-electron chi connectivity index (χ3n) is 3.22. The highest BCUT2D eigenvalue weighted by Gasteiger charge is 2.19. The second kappa shape index (κ2) is 9.30. The van der Waals surface area contributed by atoms with Gasteiger partial charge in [0.15, 0.2) is 6.29 Å². The number of hydrogen-bond donors (Lipinski definition) is 2. The summed E-state index contributed by atoms with van der Waals surface area (Å²) in [6.45, 7) is 1.84. The maximum Gasteiger partial charge on any atom is 0.309 e. The summed E-state index contributed by atoms with van der Waals surface area (Å²) < 4.78 is 9.78. The predicted molar refractivity (Wildman–Crippen MR) is 74.3 cm³/mol. The molecule has 0 unspecified atom stereocenters. The minimum Gasteiger partial charge on any atom is -0.354 e. The van der Waals surface area contributed by atoms with E-state index in [4.69, 9.17) is 9.47 Å². The number of amides is 3. The van der Waals surface area contributed by atoms with Gasteiger partial charge in [0.05, 0.1) is 6.54 Å². The first-order valence-corrected chi connectivity index (χ1v) is 6.98. The van der Waals surface area contributed by atoms with Crippen molar-refractivity contribution in [3.05, 3.63) is 0 Å². The first kappa shape index (κ1) is 17.4. The van der Waals surface area contributed by atoms with Crippen molar-refractivity contribution in [1.82, 2.24) is 15.5 Å². The van der Waals surface area contributed by atoms with Crippen LogP contribution in [0.3, 0.4) is 0 Å². The van der Waals surface area contributed by atoms with Crippen LogP contribution in [0.15, 0.2) is 0 Å². The van der Waals surface area contributed by atoms with Crippen molar-refractivity contribution in [2.45, 2.75) is 25.6 Å². The molecule has 8 heteroatoms. The fraction of sp³-hybridized carbons (Fsp3) is 0.769. The van der Waals surface area contributed by atoms with Gasteiger partial charge in [0.2, 0.25) is 5.91 Å². The first-order chi connectivity index (χ1) is 10.1. The van der Waals surface area contributed by atoms with Crippen LogP contribution in [0.25, 0.3) is 0 Å². The van der Waals surface area contributed by atoms with Gasteiger partial charge in [0.1, 0.15) is 0 Å². The largest absolute Gasteiger partial charge is 0.354 e. The topological polar surface area (TPSA) is 97.0 Å². The van der Waals surface area contributed by atoms with Gasteiger partial charge in [-0.25, -0.2) is 0 Å². The second-order valence-electron chi connectivity index (χ2n) is 4.70. The fourth-order valence-corrected chi connectivity index (χ4v) is 2.01. The summed E-state index contributed by atoms with van der Waals surface area (Å²) in [5, 5.41) is 4.92. The third-order valence-corrected chi connectivity index (χ3v) is 3.22. The van der Waals surface area contributed by atoms with Crippen LogP contribution in [-0.4, -0.2) is 69.3 Å². The molecule has 0 radical (unpaired) electrons. The fourth-order valence-electron chi connectivity index (χ4n) is 2.01. The van der Waals surface area contributed by atoms with Crippen molar-refractivity contribution in [1.29, 1.82) is 0 Å². The molecular weight excluding hydrogens is 278 g/mol. The van der Waals surface area contributed by atoms with Crippen LogP contribution in [0.4, 0.5) is 0 Å². The van der Waals surface area contributed by atoms with Crippen molar-refractivity contribution >= 4 is 17.7 Å². The molecule has 1 rings (SSSR count). The minimum absolute atomic E-state index is 0.0987. The Morgan fingerprint density at radius 1 is 1.24 bits per heavy atom. The number of carbonyl (C=O) groups excluding carboxylic acids is 3. The van der Waals surface area contributed by atoms with E-state index in [2.05, 4.69) is 10.6 Å². The van der Waals surface area contributed by atoms with Gasteiger partial charge in [-0.15, -0.1) is 0 Å². The van der Waals surface area contributed by atoms with E-state index in [-0.39, 0.29) is 12.5 Å². The Bertz CT molecular complexity index is 371. The predicted octanol–water partition coefficient (Wildman–Crippen LogP) is -1.15. The highest BCUT2D eigenvalue weighted by molar-refractivity contribution is 6.35. The van der Waals surface area contributed by atoms with Gasteiger partial charge in [-0.1, -0.05) is 0 Å². The Labute approximate surface area is 124 Å². The zero-order valence-corrected chi connectivity index (χ0v) is 12.5. The standard InChI is InChI=1S/C13H23N3O5/c1-20-11(21-2)9-15-13(19)12(18)14-6-4-8-16-7-3-5-10(16)17/h11H,3-9H2,1-2H3,(H,14,18)(H,15,19). The van der Waals surface area contributed by atoms with Crippen LogP contribution in [0, 0.1) is 0 Å². The van der Waals surface area contributed by atoms with Crippen LogP contribution >= 0.6 is 0 Å². The van der Waals surface area contributed by atoms with E-state index in [1.165, 1.54) is 14.2 Å². The van der Waals surface area contributed by atoms with Crippen LogP contribution in [-0.2, 0) is 23.9 Å². The molecular formula is C13H23N3O5. The van der Waals surface area contributed by atoms with Gasteiger partial charge in [-0.2, -0.15) is 0 Å². The Balaban J connectivity index is 2.12. The molecule has 1 saturated heterocycles. The highest BCUT2D eigenvalue weighted by atomic mass is 16.7. The van der Waals surface area contributed by atoms with Gasteiger partial charge in [0, 0.05) is 40.3 Å². The minimum atomic E-state index is -0.730. The average Bonchev–Trinajstić information content (AvgIpc) is 2.89. The molecule has 0 atom stereocenters. The molecule has 8 nitrogen and oxygen atoms in total. The molecule has 1 fully saturated rings. The Kier molecular flexibility index (Phi) is 7.70. The summed E-state index contributed by atoms with van der Waals surface area (Å²) in [4.78, 5) is 36.1. The number of ether oxygens (including phenoxy) is 2. The van der Waals surface area contributed by atoms with E-state index in [1.54, 1.807) is 4.90 Å². The lowest BCUT2D eigenvalue weighted by molar-refractivity contribution is -0.141. The molecule has 0 aromatic rings. The third kappa shape index (κ3) is 6.09. The molecule has 2 N–H and O–H groups in total. The number of carbonyl (C=O) groups is 3. The lowest BCUT2D eigenvalue weighted by atomic mass is 10.3. The maximum absolute atomic E-state index is 11.5. The molecule has 0 saturated carbocycles. The van der Waals surface area contributed by atoms with Gasteiger partial charge in [0.25, 0.3) is 0 Å². The van der Waals surface area contributed by atoms with Gasteiger partial charge < -0.3 is 25.0 Å². The molecule has 3 amide bonds. The number of methoxy groups -OCH3 is 2. The molecule has 0 aliphatic carbocycles. The molecule has 0 bridgehead atoms. The lowest BCUT2D eigenvalue weighted by Crippen LogP contribution is -2.44. The van der Waals surface area contributed by atoms with Crippen LogP contribution in [0.5, 0.6) is 0 Å². The Morgan fingerprint density at radius 3 is 2.48 bits per heavy atom. The quantitative estimate of drug-likeness (QED) is 0.335. The summed E-state index contributed by atoms with van der Waals surface area (Å²) in [5.41, 5.74) is 0. The normalized spacial score (nSPS) is 14.6. The van der Waals surface area contributed by atoms with E-state index in [0.717, 1.165) is 13.0 Å². The first-order valence-electron chi connectivity index (χ1n) is 6.98. The average molecular weight is 301 g/mol. The summed E-state index contributed by atoms with van der Waals surface area (Å²) in [5.74, 6) is -1.27. The number of likely N-dealkylation sites (tertiary alicyclic amines) is 1. The second-order valence-corrected chi connectivity index (χ2v) is 4.70. The van der Waals surface area contributed by atoms with Crippen molar-refractivity contribution in [3.8, 4) is 0 Å². The number of nitrogens with one attached hydrogen (secondary N) is 2. The lowest BCUT2D eigenvalue weighted by Gasteiger charge is -2.15. The number of hydrogen-bond acceptors (Lipinski definition) is 5. The molecule has 0 spiro atoms. The molecule has 120 valence electrons. The SMILES string of the molecule is COC(CNC(=O)C(=O)NCCCN1CCCC1=O)OC. The Hall–Kier alpha value is -1.67. The molecule has 21 heavy (non-hydrogen) atoms. The summed E-state index contributed by atoms with van der Waals surface area (Å²) in [6, 6.07) is 0. The van der Waals surface area contributed by atoms with Crippen molar-refractivity contribution in [2.75, 3.05) is 40.4 Å². The number of rotatable bonds is 8. The van der Waals surface area contributed by atoms with Crippen LogP contribution in [0.2, 0.25) is 0 Å². The zero-order valence-electron chi connectivity index (χ0n) is 12.5. The van der Waals surface area contributed by atoms with E-state index >= 15 is 0 Å². The molecule has 1 aliphatic rings. The van der Waals surface area contributed by atoms with Crippen molar-refractivity contribution in [3.63, 3.8) is 0 Å². The molecule has 1 aliphatic heterocycles. The van der Waals surface area contributed by atoms with E-state index in [9.17, 15) is 14.4 Å².